The van der Waals surface area contributed by atoms with Gasteiger partial charge in [-0.1, -0.05) is 18.2 Å². The molecule has 2 aromatic rings. The zero-order valence-corrected chi connectivity index (χ0v) is 8.98. The molecule has 3 nitrogen and oxygen atoms in total. The Kier molecular flexibility index (Phi) is 3.31. The maximum Gasteiger partial charge on any atom is 0.180 e. The van der Waals surface area contributed by atoms with Gasteiger partial charge >= 0.3 is 0 Å². The molecule has 1 N–H and O–H groups in total. The minimum absolute atomic E-state index is 0.0636. The smallest absolute Gasteiger partial charge is 0.180 e. The Hall–Kier alpha value is -1.68. The molecule has 1 aromatic carbocycles. The largest absolute Gasteiger partial charge is 0.447 e. The molecule has 0 aliphatic rings. The third-order valence-electron chi connectivity index (χ3n) is 2.44. The Bertz CT molecular complexity index is 442. The molecule has 0 amide bonds. The number of aromatic nitrogens is 1. The van der Waals surface area contributed by atoms with Crippen LogP contribution < -0.4 is 5.32 Å². The van der Waals surface area contributed by atoms with Crippen LogP contribution in [0.3, 0.4) is 0 Å². The van der Waals surface area contributed by atoms with E-state index in [2.05, 4.69) is 10.3 Å². The monoisotopic (exact) mass is 220 g/mol. The van der Waals surface area contributed by atoms with E-state index in [1.54, 1.807) is 18.3 Å². The van der Waals surface area contributed by atoms with E-state index in [0.717, 1.165) is 5.76 Å². The second-order valence-electron chi connectivity index (χ2n) is 3.59. The van der Waals surface area contributed by atoms with Gasteiger partial charge in [0.2, 0.25) is 0 Å². The first-order chi connectivity index (χ1) is 7.77. The van der Waals surface area contributed by atoms with Gasteiger partial charge in [0.05, 0.1) is 12.7 Å². The van der Waals surface area contributed by atoms with Gasteiger partial charge in [0.25, 0.3) is 0 Å². The third-order valence-corrected chi connectivity index (χ3v) is 2.44. The minimum atomic E-state index is -0.194. The van der Waals surface area contributed by atoms with Gasteiger partial charge in [-0.25, -0.2) is 9.37 Å². The van der Waals surface area contributed by atoms with Crippen molar-refractivity contribution in [2.45, 2.75) is 19.5 Å². The van der Waals surface area contributed by atoms with E-state index < -0.39 is 0 Å². The van der Waals surface area contributed by atoms with E-state index in [-0.39, 0.29) is 11.9 Å². The van der Waals surface area contributed by atoms with E-state index in [4.69, 9.17) is 4.42 Å². The number of hydrogen-bond donors (Lipinski definition) is 1. The van der Waals surface area contributed by atoms with E-state index in [9.17, 15) is 4.39 Å². The van der Waals surface area contributed by atoms with Gasteiger partial charge in [-0.3, -0.25) is 0 Å². The SMILES string of the molecule is CC(NCc1cnco1)c1ccccc1F. The lowest BCUT2D eigenvalue weighted by Gasteiger charge is -2.13. The first-order valence-electron chi connectivity index (χ1n) is 5.12. The van der Waals surface area contributed by atoms with Crippen LogP contribution in [-0.4, -0.2) is 4.98 Å². The third kappa shape index (κ3) is 2.46. The molecule has 4 heteroatoms. The summed E-state index contributed by atoms with van der Waals surface area (Å²) in [5.41, 5.74) is 0.655. The first-order valence-corrected chi connectivity index (χ1v) is 5.12. The van der Waals surface area contributed by atoms with E-state index >= 15 is 0 Å². The van der Waals surface area contributed by atoms with Crippen molar-refractivity contribution in [3.63, 3.8) is 0 Å². The molecule has 0 fully saturated rings. The highest BCUT2D eigenvalue weighted by Gasteiger charge is 2.09. The van der Waals surface area contributed by atoms with Crippen molar-refractivity contribution in [1.29, 1.82) is 0 Å². The van der Waals surface area contributed by atoms with Crippen LogP contribution in [0.4, 0.5) is 4.39 Å². The summed E-state index contributed by atoms with van der Waals surface area (Å²) in [5.74, 6) is 0.545. The second kappa shape index (κ2) is 4.90. The number of hydrogen-bond acceptors (Lipinski definition) is 3. The van der Waals surface area contributed by atoms with E-state index in [1.165, 1.54) is 12.5 Å². The fourth-order valence-corrected chi connectivity index (χ4v) is 1.52. The fourth-order valence-electron chi connectivity index (χ4n) is 1.52. The standard InChI is InChI=1S/C12H13FN2O/c1-9(11-4-2-3-5-12(11)13)15-7-10-6-14-8-16-10/h2-6,8-9,15H,7H2,1H3. The van der Waals surface area contributed by atoms with Crippen molar-refractivity contribution in [3.8, 4) is 0 Å². The van der Waals surface area contributed by atoms with Gasteiger partial charge in [-0.2, -0.15) is 0 Å². The molecule has 0 spiro atoms. The molecule has 1 atom stereocenters. The van der Waals surface area contributed by atoms with Gasteiger partial charge in [-0.05, 0) is 13.0 Å². The minimum Gasteiger partial charge on any atom is -0.447 e. The highest BCUT2D eigenvalue weighted by molar-refractivity contribution is 5.20. The molecular weight excluding hydrogens is 207 g/mol. The van der Waals surface area contributed by atoms with Crippen molar-refractivity contribution >= 4 is 0 Å². The van der Waals surface area contributed by atoms with Gasteiger partial charge in [0.15, 0.2) is 6.39 Å². The lowest BCUT2D eigenvalue weighted by molar-refractivity contribution is 0.451. The molecule has 0 saturated heterocycles. The topological polar surface area (TPSA) is 38.1 Å². The first kappa shape index (κ1) is 10.8. The average molecular weight is 220 g/mol. The highest BCUT2D eigenvalue weighted by Crippen LogP contribution is 2.16. The summed E-state index contributed by atoms with van der Waals surface area (Å²) in [6, 6.07) is 6.67. The van der Waals surface area contributed by atoms with Crippen LogP contribution in [-0.2, 0) is 6.54 Å². The Labute approximate surface area is 93.3 Å². The van der Waals surface area contributed by atoms with Gasteiger partial charge in [0, 0.05) is 11.6 Å². The molecule has 0 radical (unpaired) electrons. The quantitative estimate of drug-likeness (QED) is 0.860. The second-order valence-corrected chi connectivity index (χ2v) is 3.59. The van der Waals surface area contributed by atoms with Crippen LogP contribution in [0.2, 0.25) is 0 Å². The maximum atomic E-state index is 13.4. The maximum absolute atomic E-state index is 13.4. The average Bonchev–Trinajstić information content (AvgIpc) is 2.79. The molecule has 0 aliphatic heterocycles. The molecule has 0 bridgehead atoms. The van der Waals surface area contributed by atoms with Crippen LogP contribution >= 0.6 is 0 Å². The molecule has 1 heterocycles. The highest BCUT2D eigenvalue weighted by atomic mass is 19.1. The molecular formula is C12H13FN2O. The molecule has 0 saturated carbocycles. The normalized spacial score (nSPS) is 12.6. The van der Waals surface area contributed by atoms with E-state index in [0.29, 0.717) is 12.1 Å². The van der Waals surface area contributed by atoms with Crippen LogP contribution in [0.15, 0.2) is 41.3 Å². The number of benzene rings is 1. The van der Waals surface area contributed by atoms with Gasteiger partial charge < -0.3 is 9.73 Å². The number of halogens is 1. The number of oxazole rings is 1. The molecule has 1 unspecified atom stereocenters. The van der Waals surface area contributed by atoms with Gasteiger partial charge in [0.1, 0.15) is 11.6 Å². The molecule has 84 valence electrons. The summed E-state index contributed by atoms with van der Waals surface area (Å²) in [4.78, 5) is 3.81. The van der Waals surface area contributed by atoms with Crippen molar-refractivity contribution in [2.24, 2.45) is 0 Å². The molecule has 1 aromatic heterocycles. The fraction of sp³-hybridized carbons (Fsp3) is 0.250. The van der Waals surface area contributed by atoms with Crippen LogP contribution in [0.25, 0.3) is 0 Å². The summed E-state index contributed by atoms with van der Waals surface area (Å²) in [5, 5.41) is 3.17. The van der Waals surface area contributed by atoms with Crippen LogP contribution in [0, 0.1) is 5.82 Å². The van der Waals surface area contributed by atoms with Crippen molar-refractivity contribution in [2.75, 3.05) is 0 Å². The van der Waals surface area contributed by atoms with Crippen molar-refractivity contribution < 1.29 is 8.81 Å². The predicted octanol–water partition coefficient (Wildman–Crippen LogP) is 2.66. The summed E-state index contributed by atoms with van der Waals surface area (Å²) in [6.07, 6.45) is 3.02. The summed E-state index contributed by atoms with van der Waals surface area (Å²) >= 11 is 0. The molecule has 0 aliphatic carbocycles. The number of nitrogens with zero attached hydrogens (tertiary/aromatic N) is 1. The number of nitrogens with one attached hydrogen (secondary N) is 1. The zero-order valence-electron chi connectivity index (χ0n) is 8.98. The van der Waals surface area contributed by atoms with Crippen LogP contribution in [0.1, 0.15) is 24.3 Å². The Balaban J connectivity index is 1.98. The summed E-state index contributed by atoms with van der Waals surface area (Å²) in [7, 11) is 0. The lowest BCUT2D eigenvalue weighted by atomic mass is 10.1. The zero-order chi connectivity index (χ0) is 11.4. The Morgan fingerprint density at radius 2 is 2.25 bits per heavy atom. The predicted molar refractivity (Wildman–Crippen MR) is 58.2 cm³/mol. The van der Waals surface area contributed by atoms with E-state index in [1.807, 2.05) is 13.0 Å². The lowest BCUT2D eigenvalue weighted by Crippen LogP contribution is -2.18. The number of rotatable bonds is 4. The summed E-state index contributed by atoms with van der Waals surface area (Å²) < 4.78 is 18.5. The molecule has 16 heavy (non-hydrogen) atoms. The van der Waals surface area contributed by atoms with Crippen molar-refractivity contribution in [3.05, 3.63) is 54.0 Å². The summed E-state index contributed by atoms with van der Waals surface area (Å²) in [6.45, 7) is 2.45. The van der Waals surface area contributed by atoms with Gasteiger partial charge in [-0.15, -0.1) is 0 Å². The van der Waals surface area contributed by atoms with Crippen molar-refractivity contribution in [1.82, 2.24) is 10.3 Å². The Morgan fingerprint density at radius 1 is 1.44 bits per heavy atom. The molecule has 2 rings (SSSR count). The van der Waals surface area contributed by atoms with Crippen LogP contribution in [0.5, 0.6) is 0 Å². The Morgan fingerprint density at radius 3 is 2.94 bits per heavy atom.